The van der Waals surface area contributed by atoms with Gasteiger partial charge in [0.05, 0.1) is 23.6 Å². The second kappa shape index (κ2) is 5.38. The van der Waals surface area contributed by atoms with Crippen LogP contribution >= 0.6 is 0 Å². The first-order valence-corrected chi connectivity index (χ1v) is 9.08. The van der Waals surface area contributed by atoms with Crippen molar-refractivity contribution in [3.05, 3.63) is 36.7 Å². The van der Waals surface area contributed by atoms with E-state index < -0.39 is 10.0 Å². The van der Waals surface area contributed by atoms with Crippen molar-refractivity contribution in [2.75, 3.05) is 4.72 Å². The van der Waals surface area contributed by atoms with Crippen molar-refractivity contribution in [1.29, 1.82) is 0 Å². The standard InChI is InChI=1S/C15H17N5O2S/c21-23(22,14-7-8-17-20(14)10-11-3-1-4-11)19-13-6-2-5-12-9-16-18-15(12)13/h2,5-9,11,19H,1,3-4,10H2,(H,16,18). The predicted octanol–water partition coefficient (Wildman–Crippen LogP) is 2.36. The van der Waals surface area contributed by atoms with Gasteiger partial charge in [-0.3, -0.25) is 14.5 Å². The summed E-state index contributed by atoms with van der Waals surface area (Å²) in [5.41, 5.74) is 1.15. The Kier molecular flexibility index (Phi) is 3.33. The maximum atomic E-state index is 12.7. The summed E-state index contributed by atoms with van der Waals surface area (Å²) >= 11 is 0. The third-order valence-corrected chi connectivity index (χ3v) is 5.72. The highest BCUT2D eigenvalue weighted by Crippen LogP contribution is 2.29. The van der Waals surface area contributed by atoms with Crippen LogP contribution in [0.5, 0.6) is 0 Å². The molecule has 0 atom stereocenters. The van der Waals surface area contributed by atoms with Gasteiger partial charge in [0.25, 0.3) is 10.0 Å². The summed E-state index contributed by atoms with van der Waals surface area (Å²) in [6.45, 7) is 0.650. The molecule has 120 valence electrons. The van der Waals surface area contributed by atoms with E-state index >= 15 is 0 Å². The van der Waals surface area contributed by atoms with Gasteiger partial charge in [-0.2, -0.15) is 18.6 Å². The predicted molar refractivity (Wildman–Crippen MR) is 86.5 cm³/mol. The molecule has 1 saturated carbocycles. The second-order valence-corrected chi connectivity index (χ2v) is 7.52. The summed E-state index contributed by atoms with van der Waals surface area (Å²) in [4.78, 5) is 0. The van der Waals surface area contributed by atoms with Crippen LogP contribution in [0, 0.1) is 5.92 Å². The van der Waals surface area contributed by atoms with Crippen LogP contribution in [0.2, 0.25) is 0 Å². The molecule has 4 rings (SSSR count). The summed E-state index contributed by atoms with van der Waals surface area (Å²) in [6.07, 6.45) is 6.69. The Morgan fingerprint density at radius 1 is 1.30 bits per heavy atom. The molecule has 2 N–H and O–H groups in total. The highest BCUT2D eigenvalue weighted by Gasteiger charge is 2.24. The SMILES string of the molecule is O=S(=O)(Nc1cccc2cn[nH]c12)c1ccnn1CC1CCC1. The Balaban J connectivity index is 1.65. The van der Waals surface area contributed by atoms with E-state index in [1.807, 2.05) is 6.07 Å². The molecule has 1 aliphatic rings. The van der Waals surface area contributed by atoms with Gasteiger partial charge in [-0.1, -0.05) is 18.6 Å². The fourth-order valence-corrected chi connectivity index (χ4v) is 4.06. The minimum Gasteiger partial charge on any atom is -0.276 e. The zero-order valence-corrected chi connectivity index (χ0v) is 13.3. The fraction of sp³-hybridized carbons (Fsp3) is 0.333. The molecule has 1 aliphatic carbocycles. The third kappa shape index (κ3) is 2.59. The largest absolute Gasteiger partial charge is 0.279 e. The summed E-state index contributed by atoms with van der Waals surface area (Å²) in [7, 11) is -3.70. The number of H-pyrrole nitrogens is 1. The number of aromatic amines is 1. The first kappa shape index (κ1) is 14.3. The fourth-order valence-electron chi connectivity index (χ4n) is 2.86. The normalized spacial score (nSPS) is 15.7. The molecule has 23 heavy (non-hydrogen) atoms. The van der Waals surface area contributed by atoms with Crippen LogP contribution in [0.1, 0.15) is 19.3 Å². The first-order valence-electron chi connectivity index (χ1n) is 7.60. The van der Waals surface area contributed by atoms with Crippen molar-refractivity contribution in [3.8, 4) is 0 Å². The summed E-state index contributed by atoms with van der Waals surface area (Å²) in [5.74, 6) is 0.528. The lowest BCUT2D eigenvalue weighted by Gasteiger charge is -2.25. The van der Waals surface area contributed by atoms with Crippen LogP contribution in [0.25, 0.3) is 10.9 Å². The molecule has 1 fully saturated rings. The van der Waals surface area contributed by atoms with Gasteiger partial charge in [0.15, 0.2) is 5.03 Å². The molecule has 0 bridgehead atoms. The number of sulfonamides is 1. The van der Waals surface area contributed by atoms with Crippen molar-refractivity contribution >= 4 is 26.6 Å². The number of nitrogens with zero attached hydrogens (tertiary/aromatic N) is 3. The van der Waals surface area contributed by atoms with Gasteiger partial charge in [0.2, 0.25) is 0 Å². The zero-order valence-electron chi connectivity index (χ0n) is 12.4. The molecule has 2 aromatic heterocycles. The highest BCUT2D eigenvalue weighted by atomic mass is 32.2. The van der Waals surface area contributed by atoms with E-state index in [0.29, 0.717) is 23.7 Å². The van der Waals surface area contributed by atoms with Crippen LogP contribution in [-0.2, 0) is 16.6 Å². The molecule has 7 nitrogen and oxygen atoms in total. The molecule has 0 unspecified atom stereocenters. The first-order chi connectivity index (χ1) is 11.1. The quantitative estimate of drug-likeness (QED) is 0.750. The number of aromatic nitrogens is 4. The average Bonchev–Trinajstić information content (AvgIpc) is 3.12. The minimum absolute atomic E-state index is 0.195. The molecule has 0 radical (unpaired) electrons. The Morgan fingerprint density at radius 2 is 2.17 bits per heavy atom. The maximum Gasteiger partial charge on any atom is 0.279 e. The van der Waals surface area contributed by atoms with Crippen molar-refractivity contribution in [2.45, 2.75) is 30.8 Å². The summed E-state index contributed by atoms with van der Waals surface area (Å²) < 4.78 is 29.7. The topological polar surface area (TPSA) is 92.7 Å². The summed E-state index contributed by atoms with van der Waals surface area (Å²) in [6, 6.07) is 6.91. The van der Waals surface area contributed by atoms with Crippen LogP contribution in [0.3, 0.4) is 0 Å². The van der Waals surface area contributed by atoms with Gasteiger partial charge in [-0.15, -0.1) is 0 Å². The van der Waals surface area contributed by atoms with Crippen LogP contribution in [0.4, 0.5) is 5.69 Å². The number of para-hydroxylation sites is 1. The second-order valence-electron chi connectivity index (χ2n) is 5.89. The number of hydrogen-bond acceptors (Lipinski definition) is 4. The molecular weight excluding hydrogens is 314 g/mol. The molecular formula is C15H17N5O2S. The van der Waals surface area contributed by atoms with Gasteiger partial charge in [-0.25, -0.2) is 0 Å². The van der Waals surface area contributed by atoms with Gasteiger partial charge in [0.1, 0.15) is 0 Å². The van der Waals surface area contributed by atoms with Gasteiger partial charge >= 0.3 is 0 Å². The van der Waals surface area contributed by atoms with Gasteiger partial charge < -0.3 is 0 Å². The van der Waals surface area contributed by atoms with E-state index in [1.165, 1.54) is 18.7 Å². The lowest BCUT2D eigenvalue weighted by Crippen LogP contribution is -2.23. The smallest absolute Gasteiger partial charge is 0.276 e. The summed E-state index contributed by atoms with van der Waals surface area (Å²) in [5, 5.41) is 12.0. The Hall–Kier alpha value is -2.35. The van der Waals surface area contributed by atoms with E-state index in [2.05, 4.69) is 20.0 Å². The zero-order chi connectivity index (χ0) is 15.9. The molecule has 0 amide bonds. The Bertz CT molecular complexity index is 940. The van der Waals surface area contributed by atoms with Crippen LogP contribution in [0.15, 0.2) is 41.7 Å². The van der Waals surface area contributed by atoms with E-state index in [-0.39, 0.29) is 5.03 Å². The minimum atomic E-state index is -3.70. The molecule has 0 aliphatic heterocycles. The number of nitrogens with one attached hydrogen (secondary N) is 2. The Labute approximate surface area is 133 Å². The van der Waals surface area contributed by atoms with Crippen LogP contribution in [-0.4, -0.2) is 28.4 Å². The van der Waals surface area contributed by atoms with E-state index in [1.54, 1.807) is 23.0 Å². The number of rotatable bonds is 5. The lowest BCUT2D eigenvalue weighted by molar-refractivity contribution is 0.258. The van der Waals surface area contributed by atoms with Crippen molar-refractivity contribution in [2.24, 2.45) is 5.92 Å². The van der Waals surface area contributed by atoms with E-state index in [4.69, 9.17) is 0 Å². The molecule has 3 aromatic rings. The molecule has 1 aromatic carbocycles. The molecule has 2 heterocycles. The third-order valence-electron chi connectivity index (χ3n) is 4.33. The van der Waals surface area contributed by atoms with Crippen molar-refractivity contribution in [3.63, 3.8) is 0 Å². The van der Waals surface area contributed by atoms with Crippen LogP contribution < -0.4 is 4.72 Å². The monoisotopic (exact) mass is 331 g/mol. The highest BCUT2D eigenvalue weighted by molar-refractivity contribution is 7.92. The van der Waals surface area contributed by atoms with Crippen molar-refractivity contribution in [1.82, 2.24) is 20.0 Å². The number of hydrogen-bond donors (Lipinski definition) is 2. The molecule has 0 saturated heterocycles. The van der Waals surface area contributed by atoms with E-state index in [0.717, 1.165) is 18.2 Å². The number of benzene rings is 1. The van der Waals surface area contributed by atoms with E-state index in [9.17, 15) is 8.42 Å². The van der Waals surface area contributed by atoms with Gasteiger partial charge in [0, 0.05) is 11.9 Å². The molecule has 0 spiro atoms. The number of fused-ring (bicyclic) bond motifs is 1. The average molecular weight is 331 g/mol. The van der Waals surface area contributed by atoms with Gasteiger partial charge in [-0.05, 0) is 30.9 Å². The van der Waals surface area contributed by atoms with Crippen molar-refractivity contribution < 1.29 is 8.42 Å². The Morgan fingerprint density at radius 3 is 2.96 bits per heavy atom. The molecule has 8 heteroatoms. The lowest BCUT2D eigenvalue weighted by atomic mass is 9.85. The number of anilines is 1. The maximum absolute atomic E-state index is 12.7.